The molecule has 1 heterocycles. The van der Waals surface area contributed by atoms with Gasteiger partial charge in [-0.05, 0) is 42.1 Å². The summed E-state index contributed by atoms with van der Waals surface area (Å²) in [5.41, 5.74) is -1.14. The van der Waals surface area contributed by atoms with Crippen molar-refractivity contribution in [2.75, 3.05) is 13.2 Å². The largest absolute Gasteiger partial charge is 0.405 e. The molecule has 1 fully saturated rings. The summed E-state index contributed by atoms with van der Waals surface area (Å²) in [5, 5.41) is 2.33. The van der Waals surface area contributed by atoms with Gasteiger partial charge in [-0.15, -0.1) is 0 Å². The van der Waals surface area contributed by atoms with Crippen molar-refractivity contribution in [2.24, 2.45) is 0 Å². The van der Waals surface area contributed by atoms with E-state index in [2.05, 4.69) is 69.3 Å². The van der Waals surface area contributed by atoms with Gasteiger partial charge in [-0.3, -0.25) is 4.79 Å². The first kappa shape index (κ1) is 25.5. The molecular formula is C27H36O5Si. The molecule has 6 heteroatoms. The lowest BCUT2D eigenvalue weighted by atomic mass is 9.98. The summed E-state index contributed by atoms with van der Waals surface area (Å²) in [7, 11) is -2.65. The van der Waals surface area contributed by atoms with Gasteiger partial charge < -0.3 is 18.7 Å². The maximum Gasteiger partial charge on any atom is 0.261 e. The quantitative estimate of drug-likeness (QED) is 0.393. The van der Waals surface area contributed by atoms with E-state index in [0.29, 0.717) is 13.0 Å². The Balaban J connectivity index is 1.84. The number of ether oxygens (including phenoxy) is 2. The molecule has 33 heavy (non-hydrogen) atoms. The van der Waals surface area contributed by atoms with E-state index in [1.165, 1.54) is 17.3 Å². The highest BCUT2D eigenvalue weighted by molar-refractivity contribution is 6.99. The number of Topliss-reactive ketones (excluding diaryl/α,β-unsaturated/α-hetero) is 1. The Morgan fingerprint density at radius 2 is 1.55 bits per heavy atom. The number of aldehydes is 1. The minimum atomic E-state index is -2.65. The molecule has 0 radical (unpaired) electrons. The zero-order chi connectivity index (χ0) is 24.1. The first-order chi connectivity index (χ1) is 15.6. The van der Waals surface area contributed by atoms with Gasteiger partial charge in [-0.2, -0.15) is 0 Å². The summed E-state index contributed by atoms with van der Waals surface area (Å²) >= 11 is 0. The summed E-state index contributed by atoms with van der Waals surface area (Å²) in [4.78, 5) is 23.2. The Morgan fingerprint density at radius 3 is 2.00 bits per heavy atom. The van der Waals surface area contributed by atoms with E-state index in [4.69, 9.17) is 13.9 Å². The normalized spacial score (nSPS) is 20.9. The molecule has 2 aromatic carbocycles. The molecule has 0 amide bonds. The van der Waals surface area contributed by atoms with Gasteiger partial charge in [0, 0.05) is 0 Å². The van der Waals surface area contributed by atoms with Crippen molar-refractivity contribution in [3.63, 3.8) is 0 Å². The van der Waals surface area contributed by atoms with Gasteiger partial charge in [-0.1, -0.05) is 81.4 Å². The van der Waals surface area contributed by atoms with Gasteiger partial charge in [-0.25, -0.2) is 0 Å². The van der Waals surface area contributed by atoms with Crippen molar-refractivity contribution in [3.05, 3.63) is 60.7 Å². The van der Waals surface area contributed by atoms with Gasteiger partial charge in [0.25, 0.3) is 8.32 Å². The number of hydrogen-bond acceptors (Lipinski definition) is 5. The van der Waals surface area contributed by atoms with Crippen LogP contribution >= 0.6 is 0 Å². The molecule has 0 N–H and O–H groups in total. The lowest BCUT2D eigenvalue weighted by Gasteiger charge is -2.43. The van der Waals surface area contributed by atoms with Gasteiger partial charge in [0.1, 0.15) is 12.2 Å². The average molecular weight is 469 g/mol. The van der Waals surface area contributed by atoms with Gasteiger partial charge in [0.15, 0.2) is 12.1 Å². The van der Waals surface area contributed by atoms with E-state index in [9.17, 15) is 9.59 Å². The number of rotatable bonds is 10. The third-order valence-electron chi connectivity index (χ3n) is 6.47. The van der Waals surface area contributed by atoms with E-state index >= 15 is 0 Å². The predicted octanol–water partition coefficient (Wildman–Crippen LogP) is 3.67. The Kier molecular flexibility index (Phi) is 8.06. The SMILES string of the molecule is CC(=O)CO[C@](C)(C=O)[C@H]1CC[C@@H](CO[Si](c2ccccc2)(c2ccccc2)C(C)(C)C)O1. The predicted molar refractivity (Wildman–Crippen MR) is 133 cm³/mol. The molecule has 1 aliphatic rings. The standard InChI is InChI=1S/C27H36O5Si/c1-21(29)18-30-27(5,20-28)25-17-16-22(32-25)19-31-33(26(2,3)4,23-12-8-6-9-13-23)24-14-10-7-11-15-24/h6-15,20,22,25H,16-19H2,1-5H3/t22-,25+,27+/m0/s1. The summed E-state index contributed by atoms with van der Waals surface area (Å²) in [6.45, 7) is 10.2. The molecule has 1 aliphatic heterocycles. The van der Waals surface area contributed by atoms with Crippen LogP contribution < -0.4 is 10.4 Å². The molecule has 178 valence electrons. The van der Waals surface area contributed by atoms with Crippen LogP contribution in [0.3, 0.4) is 0 Å². The fourth-order valence-electron chi connectivity index (χ4n) is 4.69. The van der Waals surface area contributed by atoms with Crippen LogP contribution in [-0.2, 0) is 23.5 Å². The van der Waals surface area contributed by atoms with Gasteiger partial charge in [0.05, 0.1) is 18.8 Å². The highest BCUT2D eigenvalue weighted by atomic mass is 28.4. The first-order valence-corrected chi connectivity index (χ1v) is 13.5. The lowest BCUT2D eigenvalue weighted by molar-refractivity contribution is -0.157. The molecule has 5 nitrogen and oxygen atoms in total. The minimum absolute atomic E-state index is 0.0989. The van der Waals surface area contributed by atoms with Gasteiger partial charge >= 0.3 is 0 Å². The number of benzene rings is 2. The third-order valence-corrected chi connectivity index (χ3v) is 11.5. The molecular weight excluding hydrogens is 432 g/mol. The molecule has 2 aromatic rings. The Bertz CT molecular complexity index is 885. The summed E-state index contributed by atoms with van der Waals surface area (Å²) < 4.78 is 18.9. The summed E-state index contributed by atoms with van der Waals surface area (Å²) in [5.74, 6) is -0.118. The Hall–Kier alpha value is -2.12. The molecule has 1 saturated heterocycles. The third kappa shape index (κ3) is 5.52. The van der Waals surface area contributed by atoms with Crippen LogP contribution in [-0.4, -0.2) is 51.4 Å². The second kappa shape index (κ2) is 10.4. The molecule has 3 atom stereocenters. The summed E-state index contributed by atoms with van der Waals surface area (Å²) in [6, 6.07) is 21.0. The Labute approximate surface area is 198 Å². The fraction of sp³-hybridized carbons (Fsp3) is 0.481. The zero-order valence-electron chi connectivity index (χ0n) is 20.4. The number of carbonyl (C=O) groups is 2. The monoisotopic (exact) mass is 468 g/mol. The zero-order valence-corrected chi connectivity index (χ0v) is 21.4. The van der Waals surface area contributed by atoms with Crippen molar-refractivity contribution < 1.29 is 23.5 Å². The van der Waals surface area contributed by atoms with Crippen LogP contribution in [0.4, 0.5) is 0 Å². The fourth-order valence-corrected chi connectivity index (χ4v) is 9.28. The van der Waals surface area contributed by atoms with Crippen LogP contribution in [0.25, 0.3) is 0 Å². The maximum atomic E-state index is 11.8. The van der Waals surface area contributed by atoms with E-state index in [0.717, 1.165) is 12.7 Å². The van der Waals surface area contributed by atoms with Crippen LogP contribution in [0.5, 0.6) is 0 Å². The highest BCUT2D eigenvalue weighted by Crippen LogP contribution is 2.38. The van der Waals surface area contributed by atoms with E-state index in [1.807, 2.05) is 12.1 Å². The van der Waals surface area contributed by atoms with Crippen molar-refractivity contribution in [3.8, 4) is 0 Å². The molecule has 0 bridgehead atoms. The van der Waals surface area contributed by atoms with Crippen LogP contribution in [0.2, 0.25) is 5.04 Å². The average Bonchev–Trinajstić information content (AvgIpc) is 3.28. The topological polar surface area (TPSA) is 61.8 Å². The van der Waals surface area contributed by atoms with Crippen molar-refractivity contribution >= 4 is 30.8 Å². The van der Waals surface area contributed by atoms with E-state index in [1.54, 1.807) is 6.92 Å². The van der Waals surface area contributed by atoms with Gasteiger partial charge in [0.2, 0.25) is 0 Å². The lowest BCUT2D eigenvalue weighted by Crippen LogP contribution is -2.67. The molecule has 0 spiro atoms. The van der Waals surface area contributed by atoms with Crippen LogP contribution in [0.15, 0.2) is 60.7 Å². The second-order valence-electron chi connectivity index (χ2n) is 10.1. The van der Waals surface area contributed by atoms with Crippen molar-refractivity contribution in [2.45, 2.75) is 70.3 Å². The minimum Gasteiger partial charge on any atom is -0.405 e. The molecule has 0 aromatic heterocycles. The highest BCUT2D eigenvalue weighted by Gasteiger charge is 2.51. The molecule has 0 unspecified atom stereocenters. The molecule has 0 aliphatic carbocycles. The Morgan fingerprint density at radius 1 is 1.00 bits per heavy atom. The molecule has 3 rings (SSSR count). The maximum absolute atomic E-state index is 11.8. The van der Waals surface area contributed by atoms with E-state index in [-0.39, 0.29) is 23.5 Å². The van der Waals surface area contributed by atoms with Crippen molar-refractivity contribution in [1.82, 2.24) is 0 Å². The number of carbonyl (C=O) groups excluding carboxylic acids is 2. The van der Waals surface area contributed by atoms with Crippen LogP contribution in [0.1, 0.15) is 47.5 Å². The van der Waals surface area contributed by atoms with Crippen LogP contribution in [0, 0.1) is 0 Å². The molecule has 0 saturated carbocycles. The number of hydrogen-bond donors (Lipinski definition) is 0. The van der Waals surface area contributed by atoms with E-state index < -0.39 is 20.0 Å². The number of ketones is 1. The first-order valence-electron chi connectivity index (χ1n) is 11.6. The van der Waals surface area contributed by atoms with Crippen molar-refractivity contribution in [1.29, 1.82) is 0 Å². The smallest absolute Gasteiger partial charge is 0.261 e. The second-order valence-corrected chi connectivity index (χ2v) is 14.4. The summed E-state index contributed by atoms with van der Waals surface area (Å²) in [6.07, 6.45) is 1.67.